The Bertz CT molecular complexity index is 992. The van der Waals surface area contributed by atoms with E-state index < -0.39 is 48.7 Å². The van der Waals surface area contributed by atoms with E-state index in [1.807, 2.05) is 18.2 Å². The molecule has 2 rings (SSSR count). The van der Waals surface area contributed by atoms with E-state index in [2.05, 4.69) is 19.2 Å². The van der Waals surface area contributed by atoms with Crippen LogP contribution in [0.2, 0.25) is 0 Å². The van der Waals surface area contributed by atoms with Gasteiger partial charge in [0.25, 0.3) is 0 Å². The summed E-state index contributed by atoms with van der Waals surface area (Å²) in [6, 6.07) is 7.78. The van der Waals surface area contributed by atoms with Crippen molar-refractivity contribution in [3.63, 3.8) is 0 Å². The molecule has 10 nitrogen and oxygen atoms in total. The van der Waals surface area contributed by atoms with Crippen molar-refractivity contribution in [2.24, 2.45) is 0 Å². The highest BCUT2D eigenvalue weighted by Crippen LogP contribution is 2.25. The largest absolute Gasteiger partial charge is 0.463 e. The lowest BCUT2D eigenvalue weighted by Gasteiger charge is -2.42. The number of aliphatic hydroxyl groups is 2. The predicted molar refractivity (Wildman–Crippen MR) is 185 cm³/mol. The van der Waals surface area contributed by atoms with Gasteiger partial charge >= 0.3 is 18.0 Å². The van der Waals surface area contributed by atoms with Gasteiger partial charge in [-0.05, 0) is 18.4 Å². The number of unbranched alkanes of at least 4 members (excludes halogenated alkanes) is 16. The van der Waals surface area contributed by atoms with Crippen LogP contribution >= 0.6 is 0 Å². The number of esters is 2. The molecule has 3 N–H and O–H groups in total. The lowest BCUT2D eigenvalue weighted by molar-refractivity contribution is -0.259. The molecular formula is C38H63NO9. The molecule has 1 saturated heterocycles. The first-order chi connectivity index (χ1) is 23.3. The van der Waals surface area contributed by atoms with Crippen LogP contribution in [0.4, 0.5) is 4.79 Å². The van der Waals surface area contributed by atoms with Gasteiger partial charge in [0.1, 0.15) is 31.5 Å². The topological polar surface area (TPSA) is 141 Å². The molecule has 0 aromatic heterocycles. The van der Waals surface area contributed by atoms with Crippen molar-refractivity contribution in [2.75, 3.05) is 6.61 Å². The maximum atomic E-state index is 12.9. The number of aliphatic hydroxyl groups excluding tert-OH is 2. The molecule has 0 radical (unpaired) electrons. The number of hydrogen-bond donors (Lipinski definition) is 3. The van der Waals surface area contributed by atoms with E-state index in [1.165, 1.54) is 64.2 Å². The molecule has 0 spiro atoms. The molecule has 1 unspecified atom stereocenters. The fourth-order valence-electron chi connectivity index (χ4n) is 5.88. The van der Waals surface area contributed by atoms with Crippen LogP contribution < -0.4 is 5.32 Å². The lowest BCUT2D eigenvalue weighted by Crippen LogP contribution is -2.65. The molecule has 1 aliphatic rings. The van der Waals surface area contributed by atoms with Gasteiger partial charge in [-0.2, -0.15) is 0 Å². The fraction of sp³-hybridized carbons (Fsp3) is 0.763. The Morgan fingerprint density at radius 2 is 1.19 bits per heavy atom. The van der Waals surface area contributed by atoms with E-state index in [0.717, 1.165) is 44.1 Å². The SMILES string of the molecule is CCCCCCCCCCCC(=O)OC[C@H]1OC(O)[C@H](NC(=O)OCc2ccccc2)[C@@H](OC(=O)CCCCCCCCCCC)[C@@H]1O. The van der Waals surface area contributed by atoms with Crippen molar-refractivity contribution in [2.45, 2.75) is 180 Å². The quantitative estimate of drug-likeness (QED) is 0.0512. The minimum Gasteiger partial charge on any atom is -0.463 e. The van der Waals surface area contributed by atoms with Crippen LogP contribution in [0.1, 0.15) is 148 Å². The average Bonchev–Trinajstić information content (AvgIpc) is 3.08. The zero-order chi connectivity index (χ0) is 34.8. The summed E-state index contributed by atoms with van der Waals surface area (Å²) in [5.74, 6) is -0.978. The second-order valence-corrected chi connectivity index (χ2v) is 13.1. The van der Waals surface area contributed by atoms with Crippen molar-refractivity contribution in [1.82, 2.24) is 5.32 Å². The van der Waals surface area contributed by atoms with E-state index in [4.69, 9.17) is 18.9 Å². The second kappa shape index (κ2) is 26.2. The molecular weight excluding hydrogens is 614 g/mol. The van der Waals surface area contributed by atoms with Gasteiger partial charge in [-0.3, -0.25) is 9.59 Å². The first-order valence-electron chi connectivity index (χ1n) is 18.7. The summed E-state index contributed by atoms with van der Waals surface area (Å²) in [4.78, 5) is 37.9. The van der Waals surface area contributed by atoms with Crippen LogP contribution in [0.3, 0.4) is 0 Å². The first-order valence-corrected chi connectivity index (χ1v) is 18.7. The van der Waals surface area contributed by atoms with Crippen molar-refractivity contribution in [3.05, 3.63) is 35.9 Å². The number of nitrogens with one attached hydrogen (secondary N) is 1. The minimum atomic E-state index is -1.65. The van der Waals surface area contributed by atoms with E-state index in [9.17, 15) is 24.6 Å². The number of carbonyl (C=O) groups excluding carboxylic acids is 3. The van der Waals surface area contributed by atoms with Gasteiger partial charge in [-0.1, -0.05) is 147 Å². The van der Waals surface area contributed by atoms with Crippen molar-refractivity contribution >= 4 is 18.0 Å². The van der Waals surface area contributed by atoms with Crippen molar-refractivity contribution < 1.29 is 43.5 Å². The number of benzene rings is 1. The van der Waals surface area contributed by atoms with Crippen LogP contribution in [0.5, 0.6) is 0 Å². The highest BCUT2D eigenvalue weighted by atomic mass is 16.6. The van der Waals surface area contributed by atoms with Crippen LogP contribution in [-0.2, 0) is 35.1 Å². The molecule has 1 aromatic rings. The number of alkyl carbamates (subject to hydrolysis) is 1. The average molecular weight is 678 g/mol. The minimum absolute atomic E-state index is 0.0144. The Hall–Kier alpha value is -2.69. The third-order valence-corrected chi connectivity index (χ3v) is 8.84. The monoisotopic (exact) mass is 677 g/mol. The van der Waals surface area contributed by atoms with E-state index >= 15 is 0 Å². The molecule has 48 heavy (non-hydrogen) atoms. The summed E-state index contributed by atoms with van der Waals surface area (Å²) in [7, 11) is 0. The van der Waals surface area contributed by atoms with Crippen LogP contribution in [-0.4, -0.2) is 65.5 Å². The molecule has 1 aliphatic heterocycles. The molecule has 1 heterocycles. The zero-order valence-corrected chi connectivity index (χ0v) is 29.6. The summed E-state index contributed by atoms with van der Waals surface area (Å²) >= 11 is 0. The van der Waals surface area contributed by atoms with Gasteiger partial charge < -0.3 is 34.5 Å². The molecule has 1 aromatic carbocycles. The number of carbonyl (C=O) groups is 3. The predicted octanol–water partition coefficient (Wildman–Crippen LogP) is 7.66. The van der Waals surface area contributed by atoms with Crippen LogP contribution in [0.15, 0.2) is 30.3 Å². The maximum Gasteiger partial charge on any atom is 0.407 e. The number of ether oxygens (including phenoxy) is 4. The molecule has 0 saturated carbocycles. The number of rotatable bonds is 26. The Morgan fingerprint density at radius 3 is 1.73 bits per heavy atom. The molecule has 274 valence electrons. The third-order valence-electron chi connectivity index (χ3n) is 8.84. The molecule has 1 amide bonds. The Labute approximate surface area is 288 Å². The van der Waals surface area contributed by atoms with E-state index in [1.54, 1.807) is 12.1 Å². The number of amides is 1. The Kier molecular flexibility index (Phi) is 22.7. The Morgan fingerprint density at radius 1 is 0.688 bits per heavy atom. The van der Waals surface area contributed by atoms with Crippen molar-refractivity contribution in [1.29, 1.82) is 0 Å². The second-order valence-electron chi connectivity index (χ2n) is 13.1. The molecule has 5 atom stereocenters. The van der Waals surface area contributed by atoms with Gasteiger partial charge in [0.05, 0.1) is 0 Å². The van der Waals surface area contributed by atoms with Gasteiger partial charge in [0, 0.05) is 12.8 Å². The van der Waals surface area contributed by atoms with Gasteiger partial charge in [0.2, 0.25) is 0 Å². The van der Waals surface area contributed by atoms with Gasteiger partial charge in [-0.25, -0.2) is 4.79 Å². The summed E-state index contributed by atoms with van der Waals surface area (Å²) < 4.78 is 21.9. The normalized spacial score (nSPS) is 20.6. The fourth-order valence-corrected chi connectivity index (χ4v) is 5.88. The molecule has 0 bridgehead atoms. The molecule has 0 aliphatic carbocycles. The maximum absolute atomic E-state index is 12.9. The molecule has 1 fully saturated rings. The lowest BCUT2D eigenvalue weighted by atomic mass is 9.96. The Balaban J connectivity index is 1.85. The first kappa shape index (κ1) is 41.5. The summed E-state index contributed by atoms with van der Waals surface area (Å²) in [5.41, 5.74) is 0.765. The molecule has 10 heteroatoms. The van der Waals surface area contributed by atoms with Gasteiger partial charge in [0.15, 0.2) is 12.4 Å². The van der Waals surface area contributed by atoms with E-state index in [0.29, 0.717) is 12.8 Å². The summed E-state index contributed by atoms with van der Waals surface area (Å²) in [6.45, 7) is 4.06. The summed E-state index contributed by atoms with van der Waals surface area (Å²) in [6.07, 6.45) is 13.9. The standard InChI is InChI=1S/C38H63NO9/c1-3-5-7-9-11-13-15-17-22-26-32(40)45-29-31-35(42)36(48-33(41)27-23-18-16-14-12-10-8-6-4-2)34(37(43)47-31)39-38(44)46-28-30-24-20-19-21-25-30/h19-21,24-25,31,34-37,42-43H,3-18,22-23,26-29H2,1-2H3,(H,39,44)/t31-,34-,35-,36-,37?/m1/s1. The van der Waals surface area contributed by atoms with Crippen LogP contribution in [0.25, 0.3) is 0 Å². The van der Waals surface area contributed by atoms with Crippen molar-refractivity contribution in [3.8, 4) is 0 Å². The zero-order valence-electron chi connectivity index (χ0n) is 29.6. The van der Waals surface area contributed by atoms with Gasteiger partial charge in [-0.15, -0.1) is 0 Å². The summed E-state index contributed by atoms with van der Waals surface area (Å²) in [5, 5.41) is 24.5. The number of hydrogen-bond acceptors (Lipinski definition) is 9. The van der Waals surface area contributed by atoms with E-state index in [-0.39, 0.29) is 26.1 Å². The van der Waals surface area contributed by atoms with Crippen LogP contribution in [0, 0.1) is 0 Å². The highest BCUT2D eigenvalue weighted by molar-refractivity contribution is 5.70. The third kappa shape index (κ3) is 18.2. The smallest absolute Gasteiger partial charge is 0.407 e. The highest BCUT2D eigenvalue weighted by Gasteiger charge is 2.48.